The summed E-state index contributed by atoms with van der Waals surface area (Å²) in [7, 11) is 0. The van der Waals surface area contributed by atoms with Gasteiger partial charge in [-0.1, -0.05) is 10.4 Å². The standard InChI is InChI=1S/C38H32F6N10O8/c1-2-45-32(56)18-10-26(28-16-53(49-47-28)19-5-7-22(24(12-19)37(39,40)41)33(57)51-9-3-4-30(51)35(59)60)46-27(11-18)29-17-54(50-48-29)20-6-8-23(25(13-20)38(42,43)44)34(58)52-15-21(55)14-31(52)36(61)62/h5-8,10-13,16-17,21,30-31,55H,2-4,9,14-15H2,1H3,(H,45,56)(H,59,60)(H,61,62)/t21-,30-,31-/m0/s1. The van der Waals surface area contributed by atoms with Crippen molar-refractivity contribution < 1.29 is 65.6 Å². The number of β-amino-alcohol motifs (C(OH)–C–C–N with tert-alkyl or cyclic N) is 1. The lowest BCUT2D eigenvalue weighted by atomic mass is 10.0. The highest BCUT2D eigenvalue weighted by atomic mass is 19.4. The first-order valence-corrected chi connectivity index (χ1v) is 18.6. The number of alkyl halides is 6. The molecule has 0 radical (unpaired) electrons. The van der Waals surface area contributed by atoms with Crippen LogP contribution >= 0.6 is 0 Å². The molecule has 0 aliphatic carbocycles. The molecule has 62 heavy (non-hydrogen) atoms. The number of nitrogens with zero attached hydrogens (tertiary/aromatic N) is 9. The molecule has 5 aromatic rings. The third-order valence-corrected chi connectivity index (χ3v) is 10.2. The molecule has 2 aliphatic heterocycles. The SMILES string of the molecule is CCNC(=O)c1cc(-c2cn(-c3ccc(C(=O)N4CCC[C@H]4C(=O)O)c(C(F)(F)F)c3)nn2)nc(-c2cn(-c3ccc(C(=O)N4C[C@@H](O)C[C@H]4C(=O)O)c(C(F)(F)F)c3)nn2)c1. The maximum absolute atomic E-state index is 14.4. The van der Waals surface area contributed by atoms with Crippen molar-refractivity contribution >= 4 is 29.7 Å². The number of pyridine rings is 1. The van der Waals surface area contributed by atoms with E-state index in [2.05, 4.69) is 30.9 Å². The van der Waals surface area contributed by atoms with Crippen LogP contribution in [-0.4, -0.2) is 128 Å². The molecule has 3 aromatic heterocycles. The van der Waals surface area contributed by atoms with Gasteiger partial charge < -0.3 is 30.4 Å². The van der Waals surface area contributed by atoms with Crippen molar-refractivity contribution in [1.29, 1.82) is 0 Å². The van der Waals surface area contributed by atoms with Crippen LogP contribution in [0.15, 0.2) is 60.9 Å². The van der Waals surface area contributed by atoms with E-state index in [4.69, 9.17) is 0 Å². The lowest BCUT2D eigenvalue weighted by Gasteiger charge is -2.23. The van der Waals surface area contributed by atoms with E-state index >= 15 is 0 Å². The summed E-state index contributed by atoms with van der Waals surface area (Å²) >= 11 is 0. The highest BCUT2D eigenvalue weighted by Crippen LogP contribution is 2.37. The van der Waals surface area contributed by atoms with Gasteiger partial charge in [0.25, 0.3) is 17.7 Å². The minimum atomic E-state index is -5.11. The summed E-state index contributed by atoms with van der Waals surface area (Å²) in [6, 6.07) is 5.02. The average Bonchev–Trinajstić information content (AvgIpc) is 4.06. The summed E-state index contributed by atoms with van der Waals surface area (Å²) < 4.78 is 88.1. The molecule has 0 spiro atoms. The van der Waals surface area contributed by atoms with Crippen LogP contribution in [0.2, 0.25) is 0 Å². The van der Waals surface area contributed by atoms with Gasteiger partial charge in [0.15, 0.2) is 0 Å². The summed E-state index contributed by atoms with van der Waals surface area (Å²) in [6.07, 6.45) is -9.04. The lowest BCUT2D eigenvalue weighted by molar-refractivity contribution is -0.142. The van der Waals surface area contributed by atoms with Gasteiger partial charge in [0, 0.05) is 31.6 Å². The number of rotatable bonds is 10. The summed E-state index contributed by atoms with van der Waals surface area (Å²) in [5.41, 5.74) is -5.09. The Kier molecular flexibility index (Phi) is 11.3. The summed E-state index contributed by atoms with van der Waals surface area (Å²) in [5.74, 6) is -5.80. The Bertz CT molecular complexity index is 2610. The van der Waals surface area contributed by atoms with Crippen molar-refractivity contribution in [3.63, 3.8) is 0 Å². The van der Waals surface area contributed by atoms with Crippen LogP contribution in [0.1, 0.15) is 68.4 Å². The topological polar surface area (TPSA) is 239 Å². The number of aliphatic carboxylic acids is 2. The second kappa shape index (κ2) is 16.3. The average molecular weight is 871 g/mol. The molecule has 0 saturated carbocycles. The number of halogens is 6. The molecular formula is C38H32F6N10O8. The van der Waals surface area contributed by atoms with Gasteiger partial charge in [-0.05, 0) is 68.3 Å². The van der Waals surface area contributed by atoms with Crippen molar-refractivity contribution in [2.45, 2.75) is 56.7 Å². The molecule has 0 bridgehead atoms. The van der Waals surface area contributed by atoms with E-state index < -0.39 is 89.0 Å². The zero-order valence-electron chi connectivity index (χ0n) is 31.9. The van der Waals surface area contributed by atoms with Gasteiger partial charge in [-0.2, -0.15) is 26.3 Å². The van der Waals surface area contributed by atoms with Gasteiger partial charge >= 0.3 is 24.3 Å². The van der Waals surface area contributed by atoms with E-state index in [0.717, 1.165) is 38.5 Å². The predicted molar refractivity (Wildman–Crippen MR) is 198 cm³/mol. The van der Waals surface area contributed by atoms with E-state index in [-0.39, 0.29) is 65.6 Å². The molecule has 324 valence electrons. The molecule has 5 heterocycles. The Morgan fingerprint density at radius 1 is 0.726 bits per heavy atom. The number of likely N-dealkylation sites (tertiary alicyclic amines) is 2. The molecule has 2 fully saturated rings. The number of hydrogen-bond acceptors (Lipinski definition) is 11. The fourth-order valence-electron chi connectivity index (χ4n) is 7.24. The zero-order valence-corrected chi connectivity index (χ0v) is 31.9. The lowest BCUT2D eigenvalue weighted by Crippen LogP contribution is -2.41. The van der Waals surface area contributed by atoms with E-state index in [1.807, 2.05) is 0 Å². The van der Waals surface area contributed by atoms with Gasteiger partial charge in [0.2, 0.25) is 0 Å². The highest BCUT2D eigenvalue weighted by Gasteiger charge is 2.44. The number of carboxylic acid groups (broad SMARTS) is 2. The van der Waals surface area contributed by atoms with E-state index in [1.165, 1.54) is 24.5 Å². The smallest absolute Gasteiger partial charge is 0.417 e. The number of hydrogen-bond donors (Lipinski definition) is 4. The minimum Gasteiger partial charge on any atom is -0.480 e. The highest BCUT2D eigenvalue weighted by molar-refractivity contribution is 6.00. The number of amides is 3. The van der Waals surface area contributed by atoms with Crippen LogP contribution < -0.4 is 5.32 Å². The Balaban J connectivity index is 1.22. The molecule has 24 heteroatoms. The molecule has 3 atom stereocenters. The fourth-order valence-corrected chi connectivity index (χ4v) is 7.24. The summed E-state index contributed by atoms with van der Waals surface area (Å²) in [6.45, 7) is 1.31. The second-order valence-corrected chi connectivity index (χ2v) is 14.2. The molecule has 4 N–H and O–H groups in total. The molecule has 18 nitrogen and oxygen atoms in total. The molecule has 3 amide bonds. The Labute approximate surface area is 344 Å². The van der Waals surface area contributed by atoms with Gasteiger partial charge in [-0.15, -0.1) is 10.2 Å². The third-order valence-electron chi connectivity index (χ3n) is 10.2. The first-order chi connectivity index (χ1) is 29.2. The summed E-state index contributed by atoms with van der Waals surface area (Å²) in [5, 5.41) is 47.3. The van der Waals surface area contributed by atoms with Gasteiger partial charge in [0.05, 0.1) is 63.5 Å². The molecule has 2 aliphatic rings. The number of benzene rings is 2. The van der Waals surface area contributed by atoms with Crippen LogP contribution in [0.25, 0.3) is 34.2 Å². The van der Waals surface area contributed by atoms with Crippen LogP contribution in [0.4, 0.5) is 26.3 Å². The number of nitrogens with one attached hydrogen (secondary N) is 1. The third kappa shape index (κ3) is 8.39. The molecule has 7 rings (SSSR count). The molecule has 2 saturated heterocycles. The minimum absolute atomic E-state index is 0.00586. The van der Waals surface area contributed by atoms with Gasteiger partial charge in [0.1, 0.15) is 23.5 Å². The first-order valence-electron chi connectivity index (χ1n) is 18.6. The normalized spacial score (nSPS) is 18.0. The first kappa shape index (κ1) is 42.9. The van der Waals surface area contributed by atoms with Crippen molar-refractivity contribution in [2.75, 3.05) is 19.6 Å². The Morgan fingerprint density at radius 2 is 1.23 bits per heavy atom. The van der Waals surface area contributed by atoms with Crippen LogP contribution in [0.3, 0.4) is 0 Å². The summed E-state index contributed by atoms with van der Waals surface area (Å²) in [4.78, 5) is 68.8. The van der Waals surface area contributed by atoms with Crippen molar-refractivity contribution in [1.82, 2.24) is 50.1 Å². The van der Waals surface area contributed by atoms with Crippen molar-refractivity contribution in [3.8, 4) is 34.2 Å². The number of carbonyl (C=O) groups is 5. The number of aliphatic hydroxyl groups excluding tert-OH is 1. The molecule has 0 unspecified atom stereocenters. The fraction of sp³-hybridized carbons (Fsp3) is 0.316. The van der Waals surface area contributed by atoms with E-state index in [0.29, 0.717) is 23.5 Å². The number of carboxylic acids is 2. The van der Waals surface area contributed by atoms with Crippen LogP contribution in [0, 0.1) is 0 Å². The maximum atomic E-state index is 14.4. The van der Waals surface area contributed by atoms with Gasteiger partial charge in [-0.25, -0.2) is 23.9 Å². The van der Waals surface area contributed by atoms with Crippen LogP contribution in [0.5, 0.6) is 0 Å². The zero-order chi connectivity index (χ0) is 44.8. The molecule has 2 aromatic carbocycles. The van der Waals surface area contributed by atoms with Crippen LogP contribution in [-0.2, 0) is 21.9 Å². The maximum Gasteiger partial charge on any atom is 0.417 e. The van der Waals surface area contributed by atoms with Gasteiger partial charge in [-0.3, -0.25) is 14.4 Å². The number of aromatic nitrogens is 7. The number of aliphatic hydroxyl groups is 1. The number of carbonyl (C=O) groups excluding carboxylic acids is 3. The second-order valence-electron chi connectivity index (χ2n) is 14.2. The predicted octanol–water partition coefficient (Wildman–Crippen LogP) is 3.71. The van der Waals surface area contributed by atoms with E-state index in [9.17, 15) is 65.6 Å². The quantitative estimate of drug-likeness (QED) is 0.147. The largest absolute Gasteiger partial charge is 0.480 e. The monoisotopic (exact) mass is 870 g/mol. The van der Waals surface area contributed by atoms with E-state index in [1.54, 1.807) is 6.92 Å². The Hall–Kier alpha value is -7.24. The van der Waals surface area contributed by atoms with Crippen molar-refractivity contribution in [3.05, 3.63) is 88.7 Å². The molecular weight excluding hydrogens is 838 g/mol. The Morgan fingerprint density at radius 3 is 1.69 bits per heavy atom. The van der Waals surface area contributed by atoms with Crippen molar-refractivity contribution in [2.24, 2.45) is 0 Å².